The molecular formula is C17H19N3O5S. The molecule has 2 aromatic rings. The number of benzene rings is 2. The van der Waals surface area contributed by atoms with Crippen molar-refractivity contribution in [3.63, 3.8) is 0 Å². The topological polar surface area (TPSA) is 122 Å². The Bertz CT molecular complexity index is 928. The first-order valence-electron chi connectivity index (χ1n) is 7.84. The van der Waals surface area contributed by atoms with Gasteiger partial charge in [-0.05, 0) is 53.9 Å². The van der Waals surface area contributed by atoms with Crippen LogP contribution in [0.4, 0.5) is 5.69 Å². The van der Waals surface area contributed by atoms with Gasteiger partial charge in [0.15, 0.2) is 0 Å². The predicted octanol–water partition coefficient (Wildman–Crippen LogP) is 0.898. The van der Waals surface area contributed by atoms with Crippen LogP contribution in [0, 0.1) is 0 Å². The predicted molar refractivity (Wildman–Crippen MR) is 94.0 cm³/mol. The van der Waals surface area contributed by atoms with E-state index >= 15 is 0 Å². The van der Waals surface area contributed by atoms with Gasteiger partial charge in [-0.15, -0.1) is 0 Å². The number of nitrogens with one attached hydrogen (secondary N) is 1. The number of methoxy groups -OCH3 is 1. The summed E-state index contributed by atoms with van der Waals surface area (Å²) in [6, 6.07) is 9.98. The van der Waals surface area contributed by atoms with Gasteiger partial charge in [0, 0.05) is 12.2 Å². The van der Waals surface area contributed by atoms with Crippen LogP contribution < -0.4 is 16.0 Å². The highest BCUT2D eigenvalue weighted by molar-refractivity contribution is 7.89. The molecule has 0 fully saturated rings. The van der Waals surface area contributed by atoms with Crippen LogP contribution in [0.3, 0.4) is 0 Å². The summed E-state index contributed by atoms with van der Waals surface area (Å²) in [5.74, 6) is -0.269. The summed E-state index contributed by atoms with van der Waals surface area (Å²) in [5.41, 5.74) is 9.41. The summed E-state index contributed by atoms with van der Waals surface area (Å²) in [6.45, 7) is -0.0210. The molecule has 26 heavy (non-hydrogen) atoms. The van der Waals surface area contributed by atoms with Crippen molar-refractivity contribution in [3.8, 4) is 5.75 Å². The number of carbonyl (C=O) groups is 1. The van der Waals surface area contributed by atoms with Crippen molar-refractivity contribution in [2.45, 2.75) is 23.9 Å². The van der Waals surface area contributed by atoms with Gasteiger partial charge in [-0.3, -0.25) is 10.0 Å². The summed E-state index contributed by atoms with van der Waals surface area (Å²) < 4.78 is 32.3. The Morgan fingerprint density at radius 2 is 1.92 bits per heavy atom. The number of fused-ring (bicyclic) bond motifs is 1. The van der Waals surface area contributed by atoms with Gasteiger partial charge in [-0.25, -0.2) is 13.9 Å². The second-order valence-electron chi connectivity index (χ2n) is 5.95. The lowest BCUT2D eigenvalue weighted by atomic mass is 9.95. The SMILES string of the molecule is COc1ccc(S(=O)(=O)N2Cc3cc(N)ccc3C[C@@H]2C(=O)NO)cc1. The maximum Gasteiger partial charge on any atom is 0.262 e. The number of ether oxygens (including phenoxy) is 1. The molecule has 3 rings (SSSR count). The molecule has 1 aliphatic rings. The highest BCUT2D eigenvalue weighted by atomic mass is 32.2. The fraction of sp³-hybridized carbons (Fsp3) is 0.235. The first kappa shape index (κ1) is 18.2. The van der Waals surface area contributed by atoms with Crippen LogP contribution in [0.1, 0.15) is 11.1 Å². The molecule has 0 aromatic heterocycles. The number of sulfonamides is 1. The van der Waals surface area contributed by atoms with Crippen molar-refractivity contribution < 1.29 is 23.2 Å². The van der Waals surface area contributed by atoms with E-state index in [1.54, 1.807) is 23.7 Å². The smallest absolute Gasteiger partial charge is 0.262 e. The fourth-order valence-electron chi connectivity index (χ4n) is 3.01. The molecule has 138 valence electrons. The van der Waals surface area contributed by atoms with Crippen molar-refractivity contribution in [2.24, 2.45) is 0 Å². The second kappa shape index (κ2) is 6.94. The zero-order chi connectivity index (χ0) is 18.9. The zero-order valence-corrected chi connectivity index (χ0v) is 14.9. The van der Waals surface area contributed by atoms with Crippen LogP contribution in [-0.2, 0) is 27.8 Å². The monoisotopic (exact) mass is 377 g/mol. The number of anilines is 1. The molecule has 0 saturated heterocycles. The minimum atomic E-state index is -3.98. The summed E-state index contributed by atoms with van der Waals surface area (Å²) in [6.07, 6.45) is 0.136. The van der Waals surface area contributed by atoms with E-state index in [2.05, 4.69) is 0 Å². The number of carbonyl (C=O) groups excluding carboxylic acids is 1. The lowest BCUT2D eigenvalue weighted by Crippen LogP contribution is -2.51. The van der Waals surface area contributed by atoms with Crippen LogP contribution >= 0.6 is 0 Å². The summed E-state index contributed by atoms with van der Waals surface area (Å²) in [7, 11) is -2.50. The van der Waals surface area contributed by atoms with Crippen molar-refractivity contribution in [2.75, 3.05) is 12.8 Å². The van der Waals surface area contributed by atoms with E-state index in [-0.39, 0.29) is 17.9 Å². The molecular weight excluding hydrogens is 358 g/mol. The van der Waals surface area contributed by atoms with E-state index in [0.717, 1.165) is 15.4 Å². The van der Waals surface area contributed by atoms with Crippen LogP contribution in [0.5, 0.6) is 5.75 Å². The number of nitrogens with zero attached hydrogens (tertiary/aromatic N) is 1. The number of nitrogen functional groups attached to an aromatic ring is 1. The number of nitrogens with two attached hydrogens (primary N) is 1. The molecule has 8 nitrogen and oxygen atoms in total. The van der Waals surface area contributed by atoms with Crippen LogP contribution in [0.2, 0.25) is 0 Å². The number of hydrogen-bond donors (Lipinski definition) is 3. The van der Waals surface area contributed by atoms with Crippen molar-refractivity contribution in [1.82, 2.24) is 9.79 Å². The molecule has 4 N–H and O–H groups in total. The molecule has 1 atom stereocenters. The van der Waals surface area contributed by atoms with E-state index < -0.39 is 22.0 Å². The number of hydrogen-bond acceptors (Lipinski definition) is 6. The van der Waals surface area contributed by atoms with E-state index in [0.29, 0.717) is 11.4 Å². The molecule has 0 bridgehead atoms. The molecule has 1 amide bonds. The van der Waals surface area contributed by atoms with Crippen molar-refractivity contribution >= 4 is 21.6 Å². The standard InChI is InChI=1S/C17H19N3O5S/c1-25-14-4-6-15(7-5-14)26(23,24)20-10-12-8-13(18)3-2-11(12)9-16(20)17(21)19-22/h2-8,16,22H,9-10,18H2,1H3,(H,19,21)/t16-/m1/s1. The summed E-state index contributed by atoms with van der Waals surface area (Å²) in [4.78, 5) is 12.1. The Morgan fingerprint density at radius 3 is 2.54 bits per heavy atom. The Balaban J connectivity index is 2.04. The quantitative estimate of drug-likeness (QED) is 0.413. The maximum atomic E-state index is 13.1. The van der Waals surface area contributed by atoms with Gasteiger partial charge in [0.25, 0.3) is 5.91 Å². The average Bonchev–Trinajstić information content (AvgIpc) is 2.66. The maximum absolute atomic E-state index is 13.1. The summed E-state index contributed by atoms with van der Waals surface area (Å²) in [5, 5.41) is 9.04. The Morgan fingerprint density at radius 1 is 1.23 bits per heavy atom. The van der Waals surface area contributed by atoms with E-state index in [9.17, 15) is 13.2 Å². The molecule has 0 radical (unpaired) electrons. The molecule has 9 heteroatoms. The van der Waals surface area contributed by atoms with Gasteiger partial charge >= 0.3 is 0 Å². The average molecular weight is 377 g/mol. The minimum absolute atomic E-state index is 0.0210. The third-order valence-corrected chi connectivity index (χ3v) is 6.27. The van der Waals surface area contributed by atoms with Crippen LogP contribution in [-0.4, -0.2) is 37.0 Å². The molecule has 1 heterocycles. The van der Waals surface area contributed by atoms with Gasteiger partial charge in [-0.1, -0.05) is 6.07 Å². The van der Waals surface area contributed by atoms with Gasteiger partial charge in [0.2, 0.25) is 10.0 Å². The van der Waals surface area contributed by atoms with Gasteiger partial charge in [0.05, 0.1) is 12.0 Å². The first-order valence-corrected chi connectivity index (χ1v) is 9.28. The number of amides is 1. The van der Waals surface area contributed by atoms with Gasteiger partial charge in [-0.2, -0.15) is 4.31 Å². The summed E-state index contributed by atoms with van der Waals surface area (Å²) >= 11 is 0. The van der Waals surface area contributed by atoms with Crippen molar-refractivity contribution in [3.05, 3.63) is 53.6 Å². The number of rotatable bonds is 4. The molecule has 1 aliphatic heterocycles. The Kier molecular flexibility index (Phi) is 4.86. The van der Waals surface area contributed by atoms with Crippen LogP contribution in [0.15, 0.2) is 47.4 Å². The Labute approximate surface area is 151 Å². The largest absolute Gasteiger partial charge is 0.497 e. The van der Waals surface area contributed by atoms with E-state index in [4.69, 9.17) is 15.7 Å². The highest BCUT2D eigenvalue weighted by Gasteiger charge is 2.39. The fourth-order valence-corrected chi connectivity index (χ4v) is 4.58. The van der Waals surface area contributed by atoms with Gasteiger partial charge < -0.3 is 10.5 Å². The Hall–Kier alpha value is -2.62. The molecule has 0 spiro atoms. The second-order valence-corrected chi connectivity index (χ2v) is 7.84. The zero-order valence-electron chi connectivity index (χ0n) is 14.0. The third-order valence-electron chi connectivity index (χ3n) is 4.40. The normalized spacial score (nSPS) is 17.4. The third kappa shape index (κ3) is 3.24. The van der Waals surface area contributed by atoms with E-state index in [1.807, 2.05) is 0 Å². The molecule has 0 saturated carbocycles. The van der Waals surface area contributed by atoms with Crippen molar-refractivity contribution in [1.29, 1.82) is 0 Å². The molecule has 0 unspecified atom stereocenters. The number of hydroxylamine groups is 1. The molecule has 0 aliphatic carbocycles. The molecule has 2 aromatic carbocycles. The highest BCUT2D eigenvalue weighted by Crippen LogP contribution is 2.30. The lowest BCUT2D eigenvalue weighted by molar-refractivity contribution is -0.133. The minimum Gasteiger partial charge on any atom is -0.497 e. The van der Waals surface area contributed by atoms with Gasteiger partial charge in [0.1, 0.15) is 11.8 Å². The van der Waals surface area contributed by atoms with E-state index in [1.165, 1.54) is 31.4 Å². The van der Waals surface area contributed by atoms with Crippen LogP contribution in [0.25, 0.3) is 0 Å². The lowest BCUT2D eigenvalue weighted by Gasteiger charge is -2.34. The first-order chi connectivity index (χ1) is 12.4.